The van der Waals surface area contributed by atoms with Gasteiger partial charge in [-0.1, -0.05) is 13.8 Å². The number of carbonyl (C=O) groups excluding carboxylic acids is 1. The van der Waals surface area contributed by atoms with Crippen molar-refractivity contribution in [3.63, 3.8) is 0 Å². The lowest BCUT2D eigenvalue weighted by Crippen LogP contribution is -2.43. The van der Waals surface area contributed by atoms with Crippen LogP contribution in [0.2, 0.25) is 0 Å². The van der Waals surface area contributed by atoms with Crippen molar-refractivity contribution in [3.8, 4) is 0 Å². The highest BCUT2D eigenvalue weighted by atomic mass is 16.3. The first-order valence-corrected chi connectivity index (χ1v) is 5.38. The molecule has 0 aromatic heterocycles. The molecule has 3 N–H and O–H groups in total. The lowest BCUT2D eigenvalue weighted by atomic mass is 10.2. The molecular formula is C10H20N2O3. The largest absolute Gasteiger partial charge is 0.394 e. The summed E-state index contributed by atoms with van der Waals surface area (Å²) in [5, 5.41) is 21.1. The van der Waals surface area contributed by atoms with Gasteiger partial charge in [0.25, 0.3) is 0 Å². The van der Waals surface area contributed by atoms with E-state index in [9.17, 15) is 9.90 Å². The van der Waals surface area contributed by atoms with Crippen LogP contribution in [0.5, 0.6) is 0 Å². The molecule has 5 nitrogen and oxygen atoms in total. The fraction of sp³-hybridized carbons (Fsp3) is 0.900. The first-order valence-electron chi connectivity index (χ1n) is 5.38. The third-order valence-electron chi connectivity index (χ3n) is 2.47. The summed E-state index contributed by atoms with van der Waals surface area (Å²) < 4.78 is 0. The van der Waals surface area contributed by atoms with Crippen LogP contribution in [-0.2, 0) is 4.79 Å². The predicted octanol–water partition coefficient (Wildman–Crippen LogP) is -1.06. The summed E-state index contributed by atoms with van der Waals surface area (Å²) in [5.41, 5.74) is 0. The number of aliphatic hydroxyl groups is 2. The maximum absolute atomic E-state index is 11.8. The van der Waals surface area contributed by atoms with E-state index in [0.717, 1.165) is 6.42 Å². The summed E-state index contributed by atoms with van der Waals surface area (Å²) >= 11 is 0. The third kappa shape index (κ3) is 3.44. The summed E-state index contributed by atoms with van der Waals surface area (Å²) in [6.07, 6.45) is -0.0541. The third-order valence-corrected chi connectivity index (χ3v) is 2.47. The van der Waals surface area contributed by atoms with E-state index in [4.69, 9.17) is 5.11 Å². The smallest absolute Gasteiger partial charge is 0.239 e. The average Bonchev–Trinajstić information content (AvgIpc) is 2.49. The molecule has 88 valence electrons. The number of carbonyl (C=O) groups is 1. The minimum atomic E-state index is -0.827. The highest BCUT2D eigenvalue weighted by molar-refractivity contribution is 5.84. The van der Waals surface area contributed by atoms with Crippen molar-refractivity contribution in [1.82, 2.24) is 10.2 Å². The van der Waals surface area contributed by atoms with Gasteiger partial charge in [-0.25, -0.2) is 0 Å². The zero-order valence-electron chi connectivity index (χ0n) is 9.31. The summed E-state index contributed by atoms with van der Waals surface area (Å²) in [7, 11) is 0. The number of hydrogen-bond donors (Lipinski definition) is 3. The van der Waals surface area contributed by atoms with Crippen LogP contribution in [0.3, 0.4) is 0 Å². The Bertz CT molecular complexity index is 221. The molecule has 0 bridgehead atoms. The van der Waals surface area contributed by atoms with Crippen molar-refractivity contribution in [2.24, 2.45) is 0 Å². The van der Waals surface area contributed by atoms with Gasteiger partial charge in [0, 0.05) is 19.1 Å². The maximum atomic E-state index is 11.8. The lowest BCUT2D eigenvalue weighted by Gasteiger charge is -2.20. The van der Waals surface area contributed by atoms with Gasteiger partial charge in [-0.2, -0.15) is 0 Å². The Morgan fingerprint density at radius 2 is 2.27 bits per heavy atom. The highest BCUT2D eigenvalue weighted by Gasteiger charge is 2.32. The van der Waals surface area contributed by atoms with Crippen LogP contribution in [0.4, 0.5) is 0 Å². The van der Waals surface area contributed by atoms with Crippen LogP contribution in [0.15, 0.2) is 0 Å². The van der Waals surface area contributed by atoms with E-state index < -0.39 is 6.10 Å². The van der Waals surface area contributed by atoms with Gasteiger partial charge in [0.15, 0.2) is 0 Å². The number of likely N-dealkylation sites (tertiary alicyclic amines) is 1. The molecule has 0 radical (unpaired) electrons. The van der Waals surface area contributed by atoms with E-state index in [2.05, 4.69) is 5.32 Å². The van der Waals surface area contributed by atoms with E-state index in [-0.39, 0.29) is 31.1 Å². The summed E-state index contributed by atoms with van der Waals surface area (Å²) in [5.74, 6) is 0.0243. The van der Waals surface area contributed by atoms with Crippen molar-refractivity contribution in [2.45, 2.75) is 38.5 Å². The number of nitrogens with zero attached hydrogens (tertiary/aromatic N) is 1. The second kappa shape index (κ2) is 5.44. The van der Waals surface area contributed by atoms with Gasteiger partial charge in [0.2, 0.25) is 5.91 Å². The summed E-state index contributed by atoms with van der Waals surface area (Å²) in [6, 6.07) is 0.151. The van der Waals surface area contributed by atoms with Gasteiger partial charge in [-0.3, -0.25) is 4.79 Å². The minimum absolute atomic E-state index is 0.0243. The Kier molecular flexibility index (Phi) is 4.50. The number of β-amino-alcohol motifs (C(OH)–C–C–N with tert-alkyl or cyclic N) is 1. The topological polar surface area (TPSA) is 72.8 Å². The molecule has 0 spiro atoms. The molecule has 0 aliphatic carbocycles. The first kappa shape index (κ1) is 12.4. The second-order valence-electron chi connectivity index (χ2n) is 4.28. The fourth-order valence-corrected chi connectivity index (χ4v) is 1.79. The highest BCUT2D eigenvalue weighted by Crippen LogP contribution is 2.12. The molecule has 0 aromatic carbocycles. The Hall–Kier alpha value is -0.650. The van der Waals surface area contributed by atoms with E-state index in [1.165, 1.54) is 0 Å². The zero-order chi connectivity index (χ0) is 11.4. The minimum Gasteiger partial charge on any atom is -0.394 e. The molecule has 0 aromatic rings. The van der Waals surface area contributed by atoms with Crippen LogP contribution in [0.25, 0.3) is 0 Å². The lowest BCUT2D eigenvalue weighted by molar-refractivity contribution is -0.131. The molecule has 0 saturated carbocycles. The molecule has 1 aliphatic rings. The Balaban J connectivity index is 2.42. The molecule has 1 heterocycles. The predicted molar refractivity (Wildman–Crippen MR) is 56.3 cm³/mol. The van der Waals surface area contributed by atoms with Gasteiger partial charge in [-0.15, -0.1) is 0 Å². The van der Waals surface area contributed by atoms with E-state index in [1.54, 1.807) is 4.90 Å². The van der Waals surface area contributed by atoms with E-state index >= 15 is 0 Å². The fourth-order valence-electron chi connectivity index (χ4n) is 1.79. The van der Waals surface area contributed by atoms with Crippen LogP contribution in [0.1, 0.15) is 20.3 Å². The summed E-state index contributed by atoms with van der Waals surface area (Å²) in [6.45, 7) is 4.58. The van der Waals surface area contributed by atoms with Crippen molar-refractivity contribution in [1.29, 1.82) is 0 Å². The molecule has 1 amide bonds. The van der Waals surface area contributed by atoms with Gasteiger partial charge in [-0.05, 0) is 6.42 Å². The van der Waals surface area contributed by atoms with Crippen molar-refractivity contribution in [3.05, 3.63) is 0 Å². The number of hydrogen-bond acceptors (Lipinski definition) is 4. The van der Waals surface area contributed by atoms with Crippen molar-refractivity contribution >= 4 is 5.91 Å². The molecular weight excluding hydrogens is 196 g/mol. The number of aliphatic hydroxyl groups excluding tert-OH is 2. The number of nitrogens with one attached hydrogen (secondary N) is 1. The Labute approximate surface area is 90.1 Å². The van der Waals surface area contributed by atoms with Crippen LogP contribution in [0, 0.1) is 0 Å². The second-order valence-corrected chi connectivity index (χ2v) is 4.28. The van der Waals surface area contributed by atoms with Crippen LogP contribution < -0.4 is 5.32 Å². The first-order chi connectivity index (χ1) is 7.04. The van der Waals surface area contributed by atoms with Crippen molar-refractivity contribution < 1.29 is 15.0 Å². The molecule has 1 rings (SSSR count). The normalized spacial score (nSPS) is 23.9. The quantitative estimate of drug-likeness (QED) is 0.547. The number of amides is 1. The molecule has 2 atom stereocenters. The molecule has 1 aliphatic heterocycles. The molecule has 1 fully saturated rings. The SMILES string of the molecule is CC(C)NC1CCN(CC(O)CO)C1=O. The monoisotopic (exact) mass is 216 g/mol. The summed E-state index contributed by atoms with van der Waals surface area (Å²) in [4.78, 5) is 13.4. The standard InChI is InChI=1S/C10H20N2O3/c1-7(2)11-9-3-4-12(10(9)15)5-8(14)6-13/h7-9,11,13-14H,3-6H2,1-2H3. The van der Waals surface area contributed by atoms with Gasteiger partial charge >= 0.3 is 0 Å². The van der Waals surface area contributed by atoms with Gasteiger partial charge in [0.05, 0.1) is 18.8 Å². The van der Waals surface area contributed by atoms with E-state index in [1.807, 2.05) is 13.8 Å². The maximum Gasteiger partial charge on any atom is 0.239 e. The average molecular weight is 216 g/mol. The number of rotatable bonds is 5. The van der Waals surface area contributed by atoms with Crippen molar-refractivity contribution in [2.75, 3.05) is 19.7 Å². The van der Waals surface area contributed by atoms with Crippen LogP contribution >= 0.6 is 0 Å². The Morgan fingerprint density at radius 3 is 2.80 bits per heavy atom. The van der Waals surface area contributed by atoms with Crippen LogP contribution in [-0.4, -0.2) is 58.9 Å². The zero-order valence-corrected chi connectivity index (χ0v) is 9.31. The van der Waals surface area contributed by atoms with E-state index in [0.29, 0.717) is 6.54 Å². The van der Waals surface area contributed by atoms with Gasteiger partial charge < -0.3 is 20.4 Å². The molecule has 15 heavy (non-hydrogen) atoms. The molecule has 5 heteroatoms. The molecule has 1 saturated heterocycles. The van der Waals surface area contributed by atoms with Gasteiger partial charge in [0.1, 0.15) is 0 Å². The molecule has 2 unspecified atom stereocenters. The Morgan fingerprint density at radius 1 is 1.60 bits per heavy atom.